The molecule has 5 nitrogen and oxygen atoms in total. The number of ether oxygens (including phenoxy) is 2. The molecule has 86 valence electrons. The summed E-state index contributed by atoms with van der Waals surface area (Å²) in [5, 5.41) is 0. The molecule has 3 atom stereocenters. The highest BCUT2D eigenvalue weighted by molar-refractivity contribution is 5.86. The molecule has 1 fully saturated rings. The van der Waals surface area contributed by atoms with E-state index in [1.165, 1.54) is 6.08 Å². The Morgan fingerprint density at radius 1 is 1.24 bits per heavy atom. The highest BCUT2D eigenvalue weighted by atomic mass is 17.2. The van der Waals surface area contributed by atoms with Crippen LogP contribution < -0.4 is 0 Å². The minimum atomic E-state index is -0.980. The maximum atomic E-state index is 11.5. The second kappa shape index (κ2) is 2.95. The summed E-state index contributed by atoms with van der Waals surface area (Å²) in [6, 6.07) is 0. The molecule has 0 aromatic heterocycles. The lowest BCUT2D eigenvalue weighted by Crippen LogP contribution is -2.57. The summed E-state index contributed by atoms with van der Waals surface area (Å²) in [4.78, 5) is 22.0. The molecule has 0 aromatic carbocycles. The van der Waals surface area contributed by atoms with Crippen LogP contribution >= 0.6 is 0 Å². The van der Waals surface area contributed by atoms with E-state index in [1.807, 2.05) is 18.2 Å². The van der Waals surface area contributed by atoms with Gasteiger partial charge in [0.2, 0.25) is 18.2 Å². The summed E-state index contributed by atoms with van der Waals surface area (Å²) in [7, 11) is 0. The fraction of sp³-hybridized carbons (Fsp3) is 0.250. The molecule has 3 unspecified atom stereocenters. The van der Waals surface area contributed by atoms with Gasteiger partial charge in [0.1, 0.15) is 0 Å². The molecule has 4 heterocycles. The molecule has 0 amide bonds. The van der Waals surface area contributed by atoms with Gasteiger partial charge in [-0.2, -0.15) is 4.89 Å². The zero-order chi connectivity index (χ0) is 11.5. The van der Waals surface area contributed by atoms with Crippen LogP contribution in [0.4, 0.5) is 0 Å². The molecule has 0 radical (unpaired) electrons. The Bertz CT molecular complexity index is 523. The number of carbonyl (C=O) groups excluding carboxylic acids is 1. The zero-order valence-electron chi connectivity index (χ0n) is 8.66. The van der Waals surface area contributed by atoms with Crippen molar-refractivity contribution < 1.29 is 24.0 Å². The molecule has 1 aliphatic carbocycles. The van der Waals surface area contributed by atoms with Crippen LogP contribution in [0.3, 0.4) is 0 Å². The summed E-state index contributed by atoms with van der Waals surface area (Å²) in [6.45, 7) is 0. The maximum absolute atomic E-state index is 11.5. The van der Waals surface area contributed by atoms with Crippen molar-refractivity contribution in [2.45, 2.75) is 18.2 Å². The zero-order valence-corrected chi connectivity index (χ0v) is 8.66. The lowest BCUT2D eigenvalue weighted by Gasteiger charge is -2.45. The third-order valence-corrected chi connectivity index (χ3v) is 3.20. The number of allylic oxidation sites excluding steroid dienone is 2. The summed E-state index contributed by atoms with van der Waals surface area (Å²) in [6.07, 6.45) is 9.08. The minimum absolute atomic E-state index is 0.433. The van der Waals surface area contributed by atoms with Gasteiger partial charge in [0, 0.05) is 11.6 Å². The second-order valence-electron chi connectivity index (χ2n) is 4.13. The lowest BCUT2D eigenvalue weighted by molar-refractivity contribution is -0.482. The highest BCUT2D eigenvalue weighted by Gasteiger charge is 2.58. The van der Waals surface area contributed by atoms with Crippen molar-refractivity contribution in [1.82, 2.24) is 0 Å². The van der Waals surface area contributed by atoms with Crippen molar-refractivity contribution in [3.8, 4) is 0 Å². The number of rotatable bonds is 0. The standard InChI is InChI=1S/C12H8O5/c13-9-6-8-3-1-2-7-4-5-10-15-11(14-9)12(7,8)17-16-10/h1-6,10-11H. The van der Waals surface area contributed by atoms with Crippen LogP contribution in [0.2, 0.25) is 0 Å². The van der Waals surface area contributed by atoms with E-state index < -0.39 is 24.2 Å². The molecule has 1 saturated heterocycles. The van der Waals surface area contributed by atoms with Gasteiger partial charge in [-0.15, -0.1) is 0 Å². The van der Waals surface area contributed by atoms with Gasteiger partial charge in [-0.1, -0.05) is 24.3 Å². The highest BCUT2D eigenvalue weighted by Crippen LogP contribution is 2.47. The topological polar surface area (TPSA) is 54.0 Å². The third-order valence-electron chi connectivity index (χ3n) is 3.20. The average Bonchev–Trinajstić information content (AvgIpc) is 2.59. The van der Waals surface area contributed by atoms with Crippen LogP contribution in [0, 0.1) is 0 Å². The van der Waals surface area contributed by atoms with E-state index in [9.17, 15) is 4.79 Å². The molecule has 1 spiro atoms. The molecule has 17 heavy (non-hydrogen) atoms. The van der Waals surface area contributed by atoms with Crippen molar-refractivity contribution in [2.24, 2.45) is 0 Å². The van der Waals surface area contributed by atoms with E-state index in [0.717, 1.165) is 5.57 Å². The van der Waals surface area contributed by atoms with Gasteiger partial charge >= 0.3 is 5.97 Å². The Balaban J connectivity index is 1.99. The average molecular weight is 232 g/mol. The van der Waals surface area contributed by atoms with Crippen LogP contribution in [-0.2, 0) is 24.0 Å². The Hall–Kier alpha value is -1.69. The number of hydrogen-bond acceptors (Lipinski definition) is 5. The van der Waals surface area contributed by atoms with Gasteiger partial charge < -0.3 is 9.47 Å². The molecule has 2 bridgehead atoms. The van der Waals surface area contributed by atoms with Gasteiger partial charge in [-0.05, 0) is 11.6 Å². The SMILES string of the molecule is O=C1C=C2C=CC=C3C=CC4OOC32C(O1)O4. The van der Waals surface area contributed by atoms with Crippen molar-refractivity contribution in [3.63, 3.8) is 0 Å². The van der Waals surface area contributed by atoms with Crippen molar-refractivity contribution >= 4 is 5.97 Å². The second-order valence-corrected chi connectivity index (χ2v) is 4.13. The van der Waals surface area contributed by atoms with Crippen LogP contribution in [-0.4, -0.2) is 24.2 Å². The van der Waals surface area contributed by atoms with Crippen LogP contribution in [0.15, 0.2) is 47.6 Å². The van der Waals surface area contributed by atoms with Gasteiger partial charge in [-0.3, -0.25) is 0 Å². The molecule has 0 aromatic rings. The summed E-state index contributed by atoms with van der Waals surface area (Å²) < 4.78 is 10.7. The Labute approximate surface area is 96.5 Å². The molecule has 5 aliphatic rings. The number of fused-ring (bicyclic) bond motifs is 1. The first-order valence-electron chi connectivity index (χ1n) is 5.29. The number of hydrogen-bond donors (Lipinski definition) is 0. The smallest absolute Gasteiger partial charge is 0.333 e. The first kappa shape index (κ1) is 9.35. The molecule has 5 rings (SSSR count). The molecular weight excluding hydrogens is 224 g/mol. The van der Waals surface area contributed by atoms with E-state index in [0.29, 0.717) is 5.57 Å². The van der Waals surface area contributed by atoms with Gasteiger partial charge in [0.05, 0.1) is 0 Å². The quantitative estimate of drug-likeness (QED) is 0.459. The molecular formula is C12H8O5. The van der Waals surface area contributed by atoms with E-state index in [-0.39, 0.29) is 0 Å². The fourth-order valence-electron chi connectivity index (χ4n) is 2.41. The first-order valence-corrected chi connectivity index (χ1v) is 5.29. The molecule has 0 saturated carbocycles. The fourth-order valence-corrected chi connectivity index (χ4v) is 2.41. The van der Waals surface area contributed by atoms with Gasteiger partial charge in [0.15, 0.2) is 0 Å². The predicted molar refractivity (Wildman–Crippen MR) is 54.1 cm³/mol. The lowest BCUT2D eigenvalue weighted by atomic mass is 9.80. The van der Waals surface area contributed by atoms with Crippen molar-refractivity contribution in [3.05, 3.63) is 47.6 Å². The van der Waals surface area contributed by atoms with Crippen molar-refractivity contribution in [2.75, 3.05) is 0 Å². The summed E-state index contributed by atoms with van der Waals surface area (Å²) >= 11 is 0. The van der Waals surface area contributed by atoms with Crippen LogP contribution in [0.1, 0.15) is 0 Å². The number of esters is 1. The van der Waals surface area contributed by atoms with Crippen LogP contribution in [0.5, 0.6) is 0 Å². The summed E-state index contributed by atoms with van der Waals surface area (Å²) in [5.74, 6) is -0.433. The Kier molecular flexibility index (Phi) is 1.62. The minimum Gasteiger partial charge on any atom is -0.428 e. The van der Waals surface area contributed by atoms with Crippen molar-refractivity contribution in [1.29, 1.82) is 0 Å². The third kappa shape index (κ3) is 1.06. The monoisotopic (exact) mass is 232 g/mol. The summed E-state index contributed by atoms with van der Waals surface area (Å²) in [5.41, 5.74) is 0.552. The molecule has 0 N–H and O–H groups in total. The molecule has 5 heteroatoms. The van der Waals surface area contributed by atoms with E-state index in [4.69, 9.17) is 19.2 Å². The predicted octanol–water partition coefficient (Wildman–Crippen LogP) is 0.905. The van der Waals surface area contributed by atoms with E-state index in [1.54, 1.807) is 12.2 Å². The Morgan fingerprint density at radius 2 is 2.18 bits per heavy atom. The Morgan fingerprint density at radius 3 is 3.12 bits per heavy atom. The largest absolute Gasteiger partial charge is 0.428 e. The van der Waals surface area contributed by atoms with E-state index >= 15 is 0 Å². The molecule has 4 aliphatic heterocycles. The first-order chi connectivity index (χ1) is 8.29. The van der Waals surface area contributed by atoms with E-state index in [2.05, 4.69) is 0 Å². The van der Waals surface area contributed by atoms with Crippen LogP contribution in [0.25, 0.3) is 0 Å². The maximum Gasteiger partial charge on any atom is 0.333 e. The number of carbonyl (C=O) groups is 1. The van der Waals surface area contributed by atoms with Gasteiger partial charge in [-0.25, -0.2) is 9.68 Å². The normalized spacial score (nSPS) is 41.3. The van der Waals surface area contributed by atoms with Gasteiger partial charge in [0.25, 0.3) is 0 Å².